The molecule has 2 aromatic rings. The summed E-state index contributed by atoms with van der Waals surface area (Å²) < 4.78 is 11.2. The van der Waals surface area contributed by atoms with Crippen molar-refractivity contribution in [2.45, 2.75) is 39.9 Å². The van der Waals surface area contributed by atoms with Crippen LogP contribution in [0.2, 0.25) is 0 Å². The highest BCUT2D eigenvalue weighted by molar-refractivity contribution is 5.87. The molecule has 0 aliphatic carbocycles. The van der Waals surface area contributed by atoms with Gasteiger partial charge in [-0.15, -0.1) is 0 Å². The van der Waals surface area contributed by atoms with E-state index in [0.717, 1.165) is 16.8 Å². The number of amides is 1. The molecule has 2 heterocycles. The minimum atomic E-state index is -0.968. The standard InChI is InChI=1S/C24H28N2O5/c1-16-14-26(23(29)31-24(2,3)4)12-11-21(16)18-5-8-19(25-13-18)15-30-20-9-6-17(7-10-20)22(27)28/h5-11,13,16H,12,14-15H2,1-4H3,(H,27,28). The number of carbonyl (C=O) groups excluding carboxylic acids is 1. The van der Waals surface area contributed by atoms with E-state index in [9.17, 15) is 9.59 Å². The van der Waals surface area contributed by atoms with Crippen molar-refractivity contribution in [2.75, 3.05) is 13.1 Å². The summed E-state index contributed by atoms with van der Waals surface area (Å²) >= 11 is 0. The molecule has 0 bridgehead atoms. The number of hydrogen-bond acceptors (Lipinski definition) is 5. The number of carboxylic acids is 1. The summed E-state index contributed by atoms with van der Waals surface area (Å²) in [7, 11) is 0. The van der Waals surface area contributed by atoms with E-state index in [0.29, 0.717) is 18.8 Å². The Morgan fingerprint density at radius 3 is 2.42 bits per heavy atom. The Hall–Kier alpha value is -3.35. The van der Waals surface area contributed by atoms with E-state index in [4.69, 9.17) is 14.6 Å². The van der Waals surface area contributed by atoms with E-state index in [1.807, 2.05) is 39.1 Å². The van der Waals surface area contributed by atoms with E-state index in [2.05, 4.69) is 18.0 Å². The third kappa shape index (κ3) is 6.07. The molecular weight excluding hydrogens is 396 g/mol. The molecule has 1 atom stereocenters. The lowest BCUT2D eigenvalue weighted by molar-refractivity contribution is 0.0251. The second kappa shape index (κ2) is 9.20. The van der Waals surface area contributed by atoms with Gasteiger partial charge in [-0.3, -0.25) is 4.98 Å². The van der Waals surface area contributed by atoms with E-state index in [1.165, 1.54) is 12.1 Å². The highest BCUT2D eigenvalue weighted by Gasteiger charge is 2.27. The van der Waals surface area contributed by atoms with Crippen LogP contribution >= 0.6 is 0 Å². The zero-order valence-corrected chi connectivity index (χ0v) is 18.3. The molecule has 1 aliphatic rings. The smallest absolute Gasteiger partial charge is 0.410 e. The van der Waals surface area contributed by atoms with Crippen LogP contribution in [0.3, 0.4) is 0 Å². The predicted molar refractivity (Wildman–Crippen MR) is 117 cm³/mol. The minimum absolute atomic E-state index is 0.165. The van der Waals surface area contributed by atoms with E-state index >= 15 is 0 Å². The number of aromatic nitrogens is 1. The summed E-state index contributed by atoms with van der Waals surface area (Å²) in [6.07, 6.45) is 3.57. The van der Waals surface area contributed by atoms with Gasteiger partial charge in [0.2, 0.25) is 0 Å². The van der Waals surface area contributed by atoms with Gasteiger partial charge in [0, 0.05) is 19.3 Å². The first-order chi connectivity index (χ1) is 14.6. The molecule has 31 heavy (non-hydrogen) atoms. The summed E-state index contributed by atoms with van der Waals surface area (Å²) in [5, 5.41) is 8.94. The molecule has 0 spiro atoms. The Morgan fingerprint density at radius 2 is 1.87 bits per heavy atom. The van der Waals surface area contributed by atoms with E-state index in [-0.39, 0.29) is 24.2 Å². The van der Waals surface area contributed by atoms with Crippen molar-refractivity contribution in [1.29, 1.82) is 0 Å². The quantitative estimate of drug-likeness (QED) is 0.753. The van der Waals surface area contributed by atoms with Gasteiger partial charge >= 0.3 is 12.1 Å². The molecular formula is C24H28N2O5. The van der Waals surface area contributed by atoms with Crippen LogP contribution in [0.1, 0.15) is 49.3 Å². The van der Waals surface area contributed by atoms with Crippen LogP contribution in [0, 0.1) is 5.92 Å². The van der Waals surface area contributed by atoms with Crippen molar-refractivity contribution in [3.05, 3.63) is 65.5 Å². The fraction of sp³-hybridized carbons (Fsp3) is 0.375. The van der Waals surface area contributed by atoms with Crippen LogP contribution in [0.15, 0.2) is 48.7 Å². The maximum atomic E-state index is 12.3. The molecule has 7 nitrogen and oxygen atoms in total. The van der Waals surface area contributed by atoms with Crippen molar-refractivity contribution in [3.63, 3.8) is 0 Å². The molecule has 1 aromatic carbocycles. The number of carboxylic acid groups (broad SMARTS) is 1. The Labute approximate surface area is 182 Å². The Balaban J connectivity index is 1.59. The van der Waals surface area contributed by atoms with Crippen molar-refractivity contribution in [2.24, 2.45) is 5.92 Å². The van der Waals surface area contributed by atoms with Crippen molar-refractivity contribution < 1.29 is 24.2 Å². The average molecular weight is 424 g/mol. The summed E-state index contributed by atoms with van der Waals surface area (Å²) in [5.74, 6) is -0.219. The van der Waals surface area contributed by atoms with Gasteiger partial charge in [-0.25, -0.2) is 9.59 Å². The van der Waals surface area contributed by atoms with Gasteiger partial charge in [-0.05, 0) is 68.2 Å². The largest absolute Gasteiger partial charge is 0.487 e. The number of rotatable bonds is 5. The fourth-order valence-electron chi connectivity index (χ4n) is 3.32. The summed E-state index contributed by atoms with van der Waals surface area (Å²) in [5.41, 5.74) is 2.65. The molecule has 0 fully saturated rings. The molecule has 1 amide bonds. The molecule has 7 heteroatoms. The van der Waals surface area contributed by atoms with Crippen LogP contribution in [0.5, 0.6) is 5.75 Å². The molecule has 0 radical (unpaired) electrons. The van der Waals surface area contributed by atoms with Crippen LogP contribution in [0.25, 0.3) is 5.57 Å². The molecule has 1 unspecified atom stereocenters. The van der Waals surface area contributed by atoms with E-state index in [1.54, 1.807) is 17.0 Å². The molecule has 1 aliphatic heterocycles. The third-order valence-electron chi connectivity index (χ3n) is 4.85. The van der Waals surface area contributed by atoms with Crippen molar-refractivity contribution >= 4 is 17.6 Å². The normalized spacial score (nSPS) is 16.5. The predicted octanol–water partition coefficient (Wildman–Crippen LogP) is 4.63. The zero-order chi connectivity index (χ0) is 22.6. The first-order valence-corrected chi connectivity index (χ1v) is 10.2. The van der Waals surface area contributed by atoms with Gasteiger partial charge in [-0.1, -0.05) is 19.1 Å². The maximum Gasteiger partial charge on any atom is 0.410 e. The second-order valence-electron chi connectivity index (χ2n) is 8.60. The van der Waals surface area contributed by atoms with E-state index < -0.39 is 11.6 Å². The number of nitrogens with zero attached hydrogens (tertiary/aromatic N) is 2. The zero-order valence-electron chi connectivity index (χ0n) is 18.3. The maximum absolute atomic E-state index is 12.3. The molecule has 0 saturated heterocycles. The summed E-state index contributed by atoms with van der Waals surface area (Å²) in [4.78, 5) is 29.4. The lowest BCUT2D eigenvalue weighted by Gasteiger charge is -2.33. The topological polar surface area (TPSA) is 89.0 Å². The molecule has 0 saturated carbocycles. The monoisotopic (exact) mass is 424 g/mol. The average Bonchev–Trinajstić information content (AvgIpc) is 2.71. The fourth-order valence-corrected chi connectivity index (χ4v) is 3.32. The van der Waals surface area contributed by atoms with Gasteiger partial charge in [0.05, 0.1) is 11.3 Å². The highest BCUT2D eigenvalue weighted by atomic mass is 16.6. The molecule has 1 N–H and O–H groups in total. The van der Waals surface area contributed by atoms with Gasteiger partial charge in [0.25, 0.3) is 0 Å². The van der Waals surface area contributed by atoms with Gasteiger partial charge < -0.3 is 19.5 Å². The van der Waals surface area contributed by atoms with Crippen LogP contribution < -0.4 is 4.74 Å². The second-order valence-corrected chi connectivity index (χ2v) is 8.60. The van der Waals surface area contributed by atoms with Crippen LogP contribution in [-0.2, 0) is 11.3 Å². The number of pyridine rings is 1. The van der Waals surface area contributed by atoms with Crippen LogP contribution in [0.4, 0.5) is 4.79 Å². The van der Waals surface area contributed by atoms with Gasteiger partial charge in [0.1, 0.15) is 18.0 Å². The number of carbonyl (C=O) groups is 2. The summed E-state index contributed by atoms with van der Waals surface area (Å²) in [6, 6.07) is 10.2. The summed E-state index contributed by atoms with van der Waals surface area (Å²) in [6.45, 7) is 9.06. The Morgan fingerprint density at radius 1 is 1.16 bits per heavy atom. The molecule has 3 rings (SSSR count). The number of aromatic carboxylic acids is 1. The van der Waals surface area contributed by atoms with Crippen molar-refractivity contribution in [3.8, 4) is 5.75 Å². The SMILES string of the molecule is CC1CN(C(=O)OC(C)(C)C)CC=C1c1ccc(COc2ccc(C(=O)O)cc2)nc1. The molecule has 164 valence electrons. The number of benzene rings is 1. The van der Waals surface area contributed by atoms with Crippen LogP contribution in [-0.4, -0.2) is 45.7 Å². The first kappa shape index (κ1) is 22.3. The Bertz CT molecular complexity index is 959. The minimum Gasteiger partial charge on any atom is -0.487 e. The lowest BCUT2D eigenvalue weighted by atomic mass is 9.91. The number of ether oxygens (including phenoxy) is 2. The van der Waals surface area contributed by atoms with Gasteiger partial charge in [0.15, 0.2) is 0 Å². The number of hydrogen-bond donors (Lipinski definition) is 1. The Kier molecular flexibility index (Phi) is 6.63. The first-order valence-electron chi connectivity index (χ1n) is 10.2. The molecule has 1 aromatic heterocycles. The highest BCUT2D eigenvalue weighted by Crippen LogP contribution is 2.28. The third-order valence-corrected chi connectivity index (χ3v) is 4.85. The van der Waals surface area contributed by atoms with Gasteiger partial charge in [-0.2, -0.15) is 0 Å². The lowest BCUT2D eigenvalue weighted by Crippen LogP contribution is -2.41. The van der Waals surface area contributed by atoms with Crippen molar-refractivity contribution in [1.82, 2.24) is 9.88 Å².